The summed E-state index contributed by atoms with van der Waals surface area (Å²) in [5, 5.41) is 5.98. The number of benzene rings is 2. The maximum atomic E-state index is 12.7. The lowest BCUT2D eigenvalue weighted by atomic mass is 9.98. The third-order valence-electron chi connectivity index (χ3n) is 4.72. The summed E-state index contributed by atoms with van der Waals surface area (Å²) >= 11 is 6.22. The van der Waals surface area contributed by atoms with E-state index >= 15 is 0 Å². The van der Waals surface area contributed by atoms with Crippen LogP contribution in [0.3, 0.4) is 0 Å². The van der Waals surface area contributed by atoms with Crippen LogP contribution in [0.15, 0.2) is 42.5 Å². The Morgan fingerprint density at radius 2 is 1.79 bits per heavy atom. The van der Waals surface area contributed by atoms with E-state index in [1.54, 1.807) is 25.1 Å². The van der Waals surface area contributed by atoms with Gasteiger partial charge in [0.05, 0.1) is 10.7 Å². The number of ether oxygens (including phenoxy) is 1. The Labute approximate surface area is 177 Å². The second-order valence-electron chi connectivity index (χ2n) is 7.09. The number of rotatable bonds is 9. The van der Waals surface area contributed by atoms with Crippen molar-refractivity contribution >= 4 is 34.8 Å². The Hall–Kier alpha value is -2.53. The molecule has 6 heteroatoms. The van der Waals surface area contributed by atoms with Gasteiger partial charge in [-0.3, -0.25) is 9.59 Å². The van der Waals surface area contributed by atoms with Gasteiger partial charge in [-0.2, -0.15) is 0 Å². The third-order valence-corrected chi connectivity index (χ3v) is 5.05. The third kappa shape index (κ3) is 6.50. The van der Waals surface area contributed by atoms with Gasteiger partial charge in [-0.25, -0.2) is 0 Å². The summed E-state index contributed by atoms with van der Waals surface area (Å²) in [4.78, 5) is 24.5. The van der Waals surface area contributed by atoms with Crippen molar-refractivity contribution in [3.05, 3.63) is 53.1 Å². The number of carbonyl (C=O) groups is 2. The van der Waals surface area contributed by atoms with E-state index in [1.807, 2.05) is 31.2 Å². The summed E-state index contributed by atoms with van der Waals surface area (Å²) < 4.78 is 5.94. The largest absolute Gasteiger partial charge is 0.481 e. The number of hydrogen-bond donors (Lipinski definition) is 2. The van der Waals surface area contributed by atoms with Crippen LogP contribution in [0.5, 0.6) is 5.75 Å². The van der Waals surface area contributed by atoms with Crippen molar-refractivity contribution in [2.75, 3.05) is 10.6 Å². The Balaban J connectivity index is 2.09. The van der Waals surface area contributed by atoms with Crippen molar-refractivity contribution < 1.29 is 14.3 Å². The van der Waals surface area contributed by atoms with Crippen LogP contribution < -0.4 is 15.4 Å². The number of nitrogens with one attached hydrogen (secondary N) is 2. The molecule has 0 aliphatic carbocycles. The average Bonchev–Trinajstić information content (AvgIpc) is 2.70. The van der Waals surface area contributed by atoms with E-state index in [4.69, 9.17) is 16.3 Å². The molecule has 156 valence electrons. The smallest absolute Gasteiger partial charge is 0.265 e. The van der Waals surface area contributed by atoms with Gasteiger partial charge in [0.2, 0.25) is 5.91 Å². The number of hydrogen-bond acceptors (Lipinski definition) is 3. The number of para-hydroxylation sites is 1. The Bertz CT molecular complexity index is 854. The molecule has 2 N–H and O–H groups in total. The van der Waals surface area contributed by atoms with Gasteiger partial charge in [0.25, 0.3) is 5.91 Å². The molecular weight excluding hydrogens is 388 g/mol. The molecular formula is C23H29ClN2O3. The van der Waals surface area contributed by atoms with Gasteiger partial charge in [0.1, 0.15) is 5.75 Å². The summed E-state index contributed by atoms with van der Waals surface area (Å²) in [6, 6.07) is 12.8. The molecule has 2 atom stereocenters. The zero-order chi connectivity index (χ0) is 21.4. The second kappa shape index (κ2) is 10.9. The highest BCUT2D eigenvalue weighted by Gasteiger charge is 2.19. The van der Waals surface area contributed by atoms with E-state index in [1.165, 1.54) is 0 Å². The molecule has 0 fully saturated rings. The lowest BCUT2D eigenvalue weighted by molar-refractivity contribution is -0.122. The van der Waals surface area contributed by atoms with E-state index in [0.29, 0.717) is 34.5 Å². The zero-order valence-corrected chi connectivity index (χ0v) is 18.2. The number of halogens is 1. The fourth-order valence-corrected chi connectivity index (χ4v) is 3.01. The number of amides is 2. The number of anilines is 2. The minimum Gasteiger partial charge on any atom is -0.481 e. The first-order valence-corrected chi connectivity index (χ1v) is 10.4. The van der Waals surface area contributed by atoms with Gasteiger partial charge in [-0.15, -0.1) is 0 Å². The molecule has 29 heavy (non-hydrogen) atoms. The van der Waals surface area contributed by atoms with E-state index < -0.39 is 6.10 Å². The maximum Gasteiger partial charge on any atom is 0.265 e. The van der Waals surface area contributed by atoms with Crippen LogP contribution >= 0.6 is 11.6 Å². The van der Waals surface area contributed by atoms with Crippen molar-refractivity contribution in [3.8, 4) is 5.75 Å². The molecule has 0 radical (unpaired) electrons. The SMILES string of the molecule is CCCC(=O)Nc1ccc(Cl)c(NC(=O)C(C)Oc2ccccc2C(C)CC)c1. The minimum atomic E-state index is -0.713. The quantitative estimate of drug-likeness (QED) is 0.526. The summed E-state index contributed by atoms with van der Waals surface area (Å²) in [5.74, 6) is 0.642. The molecule has 0 aliphatic rings. The van der Waals surface area contributed by atoms with Gasteiger partial charge >= 0.3 is 0 Å². The summed E-state index contributed by atoms with van der Waals surface area (Å²) in [6.07, 6.45) is 1.46. The van der Waals surface area contributed by atoms with Crippen LogP contribution in [0.25, 0.3) is 0 Å². The van der Waals surface area contributed by atoms with E-state index in [2.05, 4.69) is 24.5 Å². The highest BCUT2D eigenvalue weighted by atomic mass is 35.5. The Morgan fingerprint density at radius 1 is 1.07 bits per heavy atom. The van der Waals surface area contributed by atoms with Crippen molar-refractivity contribution in [3.63, 3.8) is 0 Å². The molecule has 0 spiro atoms. The lowest BCUT2D eigenvalue weighted by Gasteiger charge is -2.20. The van der Waals surface area contributed by atoms with Crippen LogP contribution in [0.2, 0.25) is 5.02 Å². The van der Waals surface area contributed by atoms with Crippen molar-refractivity contribution in [2.45, 2.75) is 59.0 Å². The van der Waals surface area contributed by atoms with Gasteiger partial charge in [-0.05, 0) is 55.5 Å². The van der Waals surface area contributed by atoms with Crippen molar-refractivity contribution in [1.29, 1.82) is 0 Å². The highest BCUT2D eigenvalue weighted by Crippen LogP contribution is 2.30. The summed E-state index contributed by atoms with van der Waals surface area (Å²) in [5.41, 5.74) is 2.09. The summed E-state index contributed by atoms with van der Waals surface area (Å²) in [6.45, 7) is 7.88. The molecule has 2 aromatic rings. The van der Waals surface area contributed by atoms with Gasteiger partial charge in [-0.1, -0.05) is 50.6 Å². The van der Waals surface area contributed by atoms with Crippen LogP contribution in [-0.4, -0.2) is 17.9 Å². The van der Waals surface area contributed by atoms with E-state index in [0.717, 1.165) is 18.4 Å². The van der Waals surface area contributed by atoms with Crippen molar-refractivity contribution in [2.24, 2.45) is 0 Å². The van der Waals surface area contributed by atoms with Crippen LogP contribution in [-0.2, 0) is 9.59 Å². The maximum absolute atomic E-state index is 12.7. The molecule has 2 unspecified atom stereocenters. The fraction of sp³-hybridized carbons (Fsp3) is 0.391. The van der Waals surface area contributed by atoms with Crippen molar-refractivity contribution in [1.82, 2.24) is 0 Å². The normalized spacial score (nSPS) is 12.7. The molecule has 0 aliphatic heterocycles. The summed E-state index contributed by atoms with van der Waals surface area (Å²) in [7, 11) is 0. The topological polar surface area (TPSA) is 67.4 Å². The average molecular weight is 417 g/mol. The van der Waals surface area contributed by atoms with Crippen LogP contribution in [0, 0.1) is 0 Å². The van der Waals surface area contributed by atoms with E-state index in [9.17, 15) is 9.59 Å². The molecule has 2 aromatic carbocycles. The minimum absolute atomic E-state index is 0.0783. The van der Waals surface area contributed by atoms with Crippen LogP contribution in [0.4, 0.5) is 11.4 Å². The number of carbonyl (C=O) groups excluding carboxylic acids is 2. The molecule has 0 aromatic heterocycles. The predicted molar refractivity (Wildman–Crippen MR) is 119 cm³/mol. The first-order chi connectivity index (χ1) is 13.8. The highest BCUT2D eigenvalue weighted by molar-refractivity contribution is 6.34. The molecule has 0 heterocycles. The Morgan fingerprint density at radius 3 is 2.48 bits per heavy atom. The van der Waals surface area contributed by atoms with Gasteiger partial charge < -0.3 is 15.4 Å². The molecule has 0 saturated heterocycles. The predicted octanol–water partition coefficient (Wildman–Crippen LogP) is 6.00. The molecule has 0 saturated carbocycles. The molecule has 5 nitrogen and oxygen atoms in total. The fourth-order valence-electron chi connectivity index (χ4n) is 2.84. The van der Waals surface area contributed by atoms with Crippen LogP contribution in [0.1, 0.15) is 58.4 Å². The lowest BCUT2D eigenvalue weighted by Crippen LogP contribution is -2.30. The van der Waals surface area contributed by atoms with Gasteiger partial charge in [0.15, 0.2) is 6.10 Å². The van der Waals surface area contributed by atoms with Gasteiger partial charge in [0, 0.05) is 12.1 Å². The molecule has 2 rings (SSSR count). The first-order valence-electron chi connectivity index (χ1n) is 10.0. The Kier molecular flexibility index (Phi) is 8.52. The monoisotopic (exact) mass is 416 g/mol. The van der Waals surface area contributed by atoms with E-state index in [-0.39, 0.29) is 11.8 Å². The standard InChI is InChI=1S/C23H29ClN2O3/c1-5-9-22(27)25-17-12-13-19(24)20(14-17)26-23(28)16(4)29-21-11-8-7-10-18(21)15(3)6-2/h7-8,10-16H,5-6,9H2,1-4H3,(H,25,27)(H,26,28). The zero-order valence-electron chi connectivity index (χ0n) is 17.4. The molecule has 0 bridgehead atoms. The molecule has 2 amide bonds. The second-order valence-corrected chi connectivity index (χ2v) is 7.50. The first kappa shape index (κ1) is 22.8.